The van der Waals surface area contributed by atoms with Gasteiger partial charge in [0.15, 0.2) is 12.3 Å². The summed E-state index contributed by atoms with van der Waals surface area (Å²) in [5.74, 6) is 0.375. The molecule has 2 heterocycles. The molecule has 1 unspecified atom stereocenters. The van der Waals surface area contributed by atoms with E-state index in [9.17, 15) is 14.7 Å². The summed E-state index contributed by atoms with van der Waals surface area (Å²) in [5.41, 5.74) is 0.266. The van der Waals surface area contributed by atoms with Crippen LogP contribution in [-0.2, 0) is 4.57 Å². The maximum atomic E-state index is 11.7. The maximum absolute atomic E-state index is 11.7. The van der Waals surface area contributed by atoms with Gasteiger partial charge < -0.3 is 4.74 Å². The molecule has 0 saturated heterocycles. The Kier molecular flexibility index (Phi) is 3.94. The highest BCUT2D eigenvalue weighted by Crippen LogP contribution is 2.34. The van der Waals surface area contributed by atoms with E-state index in [2.05, 4.69) is 9.97 Å². The molecule has 0 aliphatic carbocycles. The van der Waals surface area contributed by atoms with Gasteiger partial charge in [-0.15, -0.1) is 4.34 Å². The third-order valence-corrected chi connectivity index (χ3v) is 4.11. The topological polar surface area (TPSA) is 100 Å². The van der Waals surface area contributed by atoms with Gasteiger partial charge in [-0.3, -0.25) is 10.1 Å². The van der Waals surface area contributed by atoms with Gasteiger partial charge in [0.05, 0.1) is 22.6 Å². The van der Waals surface area contributed by atoms with E-state index in [1.165, 1.54) is 29.2 Å². The number of nitro groups is 1. The van der Waals surface area contributed by atoms with Gasteiger partial charge in [-0.1, -0.05) is 6.07 Å². The summed E-state index contributed by atoms with van der Waals surface area (Å²) >= 11 is 5.89. The van der Waals surface area contributed by atoms with E-state index in [1.807, 2.05) is 0 Å². The number of ether oxygens (including phenoxy) is 1. The quantitative estimate of drug-likeness (QED) is 0.305. The molecule has 0 amide bonds. The summed E-state index contributed by atoms with van der Waals surface area (Å²) in [5, 5.41) is 11.2. The van der Waals surface area contributed by atoms with E-state index in [1.54, 1.807) is 18.3 Å². The van der Waals surface area contributed by atoms with Crippen molar-refractivity contribution in [3.63, 3.8) is 0 Å². The first-order valence-electron chi connectivity index (χ1n) is 6.34. The summed E-state index contributed by atoms with van der Waals surface area (Å²) in [7, 11) is -1.68. The van der Waals surface area contributed by atoms with E-state index >= 15 is 0 Å². The van der Waals surface area contributed by atoms with E-state index in [4.69, 9.17) is 16.3 Å². The highest BCUT2D eigenvalue weighted by molar-refractivity contribution is 7.42. The van der Waals surface area contributed by atoms with Gasteiger partial charge in [-0.2, -0.15) is 9.97 Å². The fourth-order valence-corrected chi connectivity index (χ4v) is 2.86. The number of hydrogen-bond donors (Lipinski definition) is 0. The first-order chi connectivity index (χ1) is 11.0. The summed E-state index contributed by atoms with van der Waals surface area (Å²) in [4.78, 5) is 18.3. The molecule has 3 rings (SSSR count). The van der Waals surface area contributed by atoms with Crippen LogP contribution in [0.25, 0.3) is 11.0 Å². The average Bonchev–Trinajstić information content (AvgIpc) is 2.91. The lowest BCUT2D eigenvalue weighted by Gasteiger charge is -2.05. The zero-order valence-electron chi connectivity index (χ0n) is 11.7. The van der Waals surface area contributed by atoms with Crippen LogP contribution in [0.15, 0.2) is 36.5 Å². The molecule has 8 nitrogen and oxygen atoms in total. The smallest absolute Gasteiger partial charge is 0.438 e. The van der Waals surface area contributed by atoms with Crippen molar-refractivity contribution < 1.29 is 14.2 Å². The highest BCUT2D eigenvalue weighted by atomic mass is 35.5. The van der Waals surface area contributed by atoms with Gasteiger partial charge in [-0.25, -0.2) is 0 Å². The summed E-state index contributed by atoms with van der Waals surface area (Å²) in [6, 6.07) is 7.34. The molecule has 0 aliphatic rings. The minimum Gasteiger partial charge on any atom is -0.438 e. The molecule has 0 aliphatic heterocycles. The van der Waals surface area contributed by atoms with Crippen molar-refractivity contribution in [2.24, 2.45) is 0 Å². The summed E-state index contributed by atoms with van der Waals surface area (Å²) in [6.45, 7) is 1.53. The first kappa shape index (κ1) is 15.3. The fraction of sp³-hybridized carbons (Fsp3) is 0.0769. The van der Waals surface area contributed by atoms with Crippen molar-refractivity contribution in [3.05, 3.63) is 51.9 Å². The zero-order valence-corrected chi connectivity index (χ0v) is 13.4. The minimum absolute atomic E-state index is 0.0743. The second-order valence-corrected chi connectivity index (χ2v) is 6.21. The minimum atomic E-state index is -1.68. The number of fused-ring (bicyclic) bond motifs is 1. The lowest BCUT2D eigenvalue weighted by Crippen LogP contribution is -1.95. The van der Waals surface area contributed by atoms with Crippen LogP contribution >= 0.6 is 19.6 Å². The van der Waals surface area contributed by atoms with Crippen molar-refractivity contribution in [1.82, 2.24) is 14.3 Å². The molecule has 0 N–H and O–H groups in total. The SMILES string of the molecule is C[P+](=O)n1ccc2c(Oc3cccc([N+](=O)[O-])c3)nc(Cl)nc21. The van der Waals surface area contributed by atoms with Gasteiger partial charge in [0, 0.05) is 6.07 Å². The molecule has 2 aromatic heterocycles. The number of aromatic nitrogens is 3. The number of non-ortho nitro benzene ring substituents is 1. The van der Waals surface area contributed by atoms with Gasteiger partial charge in [0.2, 0.25) is 11.2 Å². The molecule has 23 heavy (non-hydrogen) atoms. The molecule has 0 bridgehead atoms. The largest absolute Gasteiger partial charge is 0.464 e. The molecule has 0 fully saturated rings. The Morgan fingerprint density at radius 2 is 2.13 bits per heavy atom. The molecule has 10 heteroatoms. The number of nitro benzene ring substituents is 1. The van der Waals surface area contributed by atoms with Crippen LogP contribution in [-0.4, -0.2) is 25.9 Å². The maximum Gasteiger partial charge on any atom is 0.464 e. The molecule has 3 aromatic rings. The van der Waals surface area contributed by atoms with Crippen molar-refractivity contribution in [2.45, 2.75) is 0 Å². The first-order valence-corrected chi connectivity index (χ1v) is 8.37. The molecule has 1 atom stereocenters. The second-order valence-electron chi connectivity index (χ2n) is 4.52. The average molecular weight is 352 g/mol. The van der Waals surface area contributed by atoms with E-state index < -0.39 is 12.9 Å². The lowest BCUT2D eigenvalue weighted by molar-refractivity contribution is -0.384. The predicted octanol–water partition coefficient (Wildman–Crippen LogP) is 4.01. The monoisotopic (exact) mass is 351 g/mol. The standard InChI is InChI=1S/C13H9ClN4O4P/c1-23(21)17-6-5-10-11(17)15-13(14)16-12(10)22-9-4-2-3-8(7-9)18(19)20/h2-7H,1H3/q+1. The van der Waals surface area contributed by atoms with Gasteiger partial charge >= 0.3 is 7.95 Å². The Labute approximate surface area is 135 Å². The zero-order chi connectivity index (χ0) is 16.6. The number of benzene rings is 1. The summed E-state index contributed by atoms with van der Waals surface area (Å²) < 4.78 is 18.8. The normalized spacial score (nSPS) is 11.5. The van der Waals surface area contributed by atoms with Crippen LogP contribution < -0.4 is 4.74 Å². The summed E-state index contributed by atoms with van der Waals surface area (Å²) in [6.07, 6.45) is 1.59. The van der Waals surface area contributed by atoms with Crippen LogP contribution in [0, 0.1) is 10.1 Å². The highest BCUT2D eigenvalue weighted by Gasteiger charge is 2.20. The van der Waals surface area contributed by atoms with E-state index in [-0.39, 0.29) is 22.6 Å². The van der Waals surface area contributed by atoms with Gasteiger partial charge in [0.1, 0.15) is 5.75 Å². The number of nitrogens with zero attached hydrogens (tertiary/aromatic N) is 4. The Bertz CT molecular complexity index is 943. The van der Waals surface area contributed by atoms with E-state index in [0.29, 0.717) is 11.0 Å². The van der Waals surface area contributed by atoms with Crippen molar-refractivity contribution in [1.29, 1.82) is 0 Å². The number of rotatable bonds is 4. The lowest BCUT2D eigenvalue weighted by atomic mass is 10.3. The van der Waals surface area contributed by atoms with Crippen LogP contribution in [0.5, 0.6) is 11.6 Å². The molecule has 0 radical (unpaired) electrons. The van der Waals surface area contributed by atoms with E-state index in [0.717, 1.165) is 0 Å². The molecule has 1 aromatic carbocycles. The van der Waals surface area contributed by atoms with Crippen LogP contribution in [0.1, 0.15) is 0 Å². The Morgan fingerprint density at radius 1 is 1.35 bits per heavy atom. The molecule has 0 saturated carbocycles. The van der Waals surface area contributed by atoms with Crippen molar-refractivity contribution in [2.75, 3.05) is 6.66 Å². The van der Waals surface area contributed by atoms with Crippen LogP contribution in [0.3, 0.4) is 0 Å². The third-order valence-electron chi connectivity index (χ3n) is 3.01. The van der Waals surface area contributed by atoms with Crippen LogP contribution in [0.2, 0.25) is 5.28 Å². The Balaban J connectivity index is 2.08. The molecule has 0 spiro atoms. The third kappa shape index (κ3) is 2.99. The van der Waals surface area contributed by atoms with Gasteiger partial charge in [0.25, 0.3) is 5.69 Å². The van der Waals surface area contributed by atoms with Crippen LogP contribution in [0.4, 0.5) is 5.69 Å². The molecular weight excluding hydrogens is 343 g/mol. The fourth-order valence-electron chi connectivity index (χ4n) is 2.03. The number of halogens is 1. The Hall–Kier alpha value is -2.57. The second kappa shape index (κ2) is 5.91. The van der Waals surface area contributed by atoms with Gasteiger partial charge in [-0.05, 0) is 28.3 Å². The Morgan fingerprint density at radius 3 is 2.83 bits per heavy atom. The number of hydrogen-bond acceptors (Lipinski definition) is 6. The van der Waals surface area contributed by atoms with Crippen molar-refractivity contribution in [3.8, 4) is 11.6 Å². The predicted molar refractivity (Wildman–Crippen MR) is 84.6 cm³/mol. The molecular formula is C13H9ClN4O4P+. The molecule has 116 valence electrons. The van der Waals surface area contributed by atoms with Crippen molar-refractivity contribution >= 4 is 36.3 Å².